The number of halogens is 2. The van der Waals surface area contributed by atoms with Gasteiger partial charge in [-0.05, 0) is 30.7 Å². The van der Waals surface area contributed by atoms with E-state index in [1.165, 1.54) is 43.2 Å². The SMILES string of the molecule is COc1ccc2c(c1F)C(=O)N(C[C@@]1(c3cc4cc([C@]5(C)NC(=O)NC5=O)c(F)cc4o3)NC(=O)NC1=O)C2. The summed E-state index contributed by atoms with van der Waals surface area (Å²) in [6.45, 7) is 0.826. The third-order valence-electron chi connectivity index (χ3n) is 7.25. The maximum absolute atomic E-state index is 15.1. The van der Waals surface area contributed by atoms with E-state index in [0.717, 1.165) is 6.07 Å². The molecule has 0 radical (unpaired) electrons. The van der Waals surface area contributed by atoms with E-state index in [9.17, 15) is 28.4 Å². The highest BCUT2D eigenvalue weighted by Crippen LogP contribution is 2.38. The minimum Gasteiger partial charge on any atom is -0.494 e. The van der Waals surface area contributed by atoms with Gasteiger partial charge in [-0.15, -0.1) is 0 Å². The highest BCUT2D eigenvalue weighted by Gasteiger charge is 2.53. The number of rotatable bonds is 5. The third kappa shape index (κ3) is 3.37. The van der Waals surface area contributed by atoms with Crippen LogP contribution in [0.15, 0.2) is 34.7 Å². The molecule has 2 atom stereocenters. The molecule has 6 rings (SSSR count). The number of nitrogens with one attached hydrogen (secondary N) is 4. The summed E-state index contributed by atoms with van der Waals surface area (Å²) in [4.78, 5) is 63.8. The molecule has 14 heteroatoms. The minimum atomic E-state index is -1.94. The van der Waals surface area contributed by atoms with Crippen LogP contribution in [-0.4, -0.2) is 48.3 Å². The number of methoxy groups -OCH3 is 1. The van der Waals surface area contributed by atoms with Gasteiger partial charge in [0.2, 0.25) is 0 Å². The van der Waals surface area contributed by atoms with Gasteiger partial charge in [0, 0.05) is 23.6 Å². The van der Waals surface area contributed by atoms with Crippen molar-refractivity contribution in [2.24, 2.45) is 0 Å². The van der Waals surface area contributed by atoms with E-state index in [1.807, 2.05) is 0 Å². The summed E-state index contributed by atoms with van der Waals surface area (Å²) in [7, 11) is 1.26. The van der Waals surface area contributed by atoms with E-state index in [1.54, 1.807) is 0 Å². The lowest BCUT2D eigenvalue weighted by molar-refractivity contribution is -0.125. The molecule has 2 aromatic carbocycles. The lowest BCUT2D eigenvalue weighted by Gasteiger charge is -2.29. The van der Waals surface area contributed by atoms with Crippen molar-refractivity contribution in [3.8, 4) is 5.75 Å². The Morgan fingerprint density at radius 2 is 1.72 bits per heavy atom. The molecular weight excluding hydrogens is 520 g/mol. The molecule has 2 fully saturated rings. The second kappa shape index (κ2) is 7.99. The number of carbonyl (C=O) groups excluding carboxylic acids is 5. The number of urea groups is 2. The molecule has 200 valence electrons. The zero-order valence-electron chi connectivity index (χ0n) is 20.4. The minimum absolute atomic E-state index is 0.0280. The van der Waals surface area contributed by atoms with Gasteiger partial charge < -0.3 is 24.7 Å². The molecule has 12 nitrogen and oxygen atoms in total. The molecule has 3 aliphatic rings. The maximum Gasteiger partial charge on any atom is 0.322 e. The number of carbonyl (C=O) groups is 5. The van der Waals surface area contributed by atoms with Gasteiger partial charge in [0.25, 0.3) is 17.7 Å². The Bertz CT molecular complexity index is 1670. The van der Waals surface area contributed by atoms with E-state index in [-0.39, 0.29) is 40.2 Å². The van der Waals surface area contributed by atoms with Crippen molar-refractivity contribution in [3.63, 3.8) is 0 Å². The second-order valence-electron chi connectivity index (χ2n) is 9.60. The Hall–Kier alpha value is -5.01. The number of amides is 7. The first-order valence-electron chi connectivity index (χ1n) is 11.6. The summed E-state index contributed by atoms with van der Waals surface area (Å²) in [6.07, 6.45) is 0. The molecular formula is C25H19F2N5O7. The van der Waals surface area contributed by atoms with E-state index in [4.69, 9.17) is 9.15 Å². The summed E-state index contributed by atoms with van der Waals surface area (Å²) >= 11 is 0. The number of ether oxygens (including phenoxy) is 1. The van der Waals surface area contributed by atoms with Crippen LogP contribution in [0.4, 0.5) is 18.4 Å². The van der Waals surface area contributed by atoms with Crippen molar-refractivity contribution in [1.82, 2.24) is 26.2 Å². The van der Waals surface area contributed by atoms with Gasteiger partial charge in [0.1, 0.15) is 22.7 Å². The summed E-state index contributed by atoms with van der Waals surface area (Å²) in [6, 6.07) is 4.88. The number of hydrogen-bond acceptors (Lipinski definition) is 7. The number of fused-ring (bicyclic) bond motifs is 2. The largest absolute Gasteiger partial charge is 0.494 e. The second-order valence-corrected chi connectivity index (χ2v) is 9.60. The van der Waals surface area contributed by atoms with Gasteiger partial charge in [0.15, 0.2) is 17.1 Å². The first-order valence-corrected chi connectivity index (χ1v) is 11.6. The molecule has 2 saturated heterocycles. The lowest BCUT2D eigenvalue weighted by Crippen LogP contribution is -2.52. The molecule has 0 saturated carbocycles. The number of imide groups is 2. The Kier molecular flexibility index (Phi) is 4.99. The van der Waals surface area contributed by atoms with Crippen molar-refractivity contribution in [3.05, 3.63) is 64.4 Å². The number of hydrogen-bond donors (Lipinski definition) is 4. The zero-order chi connectivity index (χ0) is 27.9. The van der Waals surface area contributed by atoms with E-state index in [0.29, 0.717) is 5.56 Å². The van der Waals surface area contributed by atoms with Crippen LogP contribution in [0.2, 0.25) is 0 Å². The Morgan fingerprint density at radius 3 is 2.36 bits per heavy atom. The van der Waals surface area contributed by atoms with E-state index < -0.39 is 59.0 Å². The van der Waals surface area contributed by atoms with Crippen LogP contribution in [-0.2, 0) is 27.2 Å². The average Bonchev–Trinajstić information content (AvgIpc) is 3.58. The van der Waals surface area contributed by atoms with Gasteiger partial charge in [-0.25, -0.2) is 18.4 Å². The smallest absolute Gasteiger partial charge is 0.322 e. The van der Waals surface area contributed by atoms with Crippen molar-refractivity contribution in [2.45, 2.75) is 24.5 Å². The molecule has 3 aromatic rings. The topological polar surface area (TPSA) is 159 Å². The predicted molar refractivity (Wildman–Crippen MR) is 126 cm³/mol. The van der Waals surface area contributed by atoms with Crippen molar-refractivity contribution < 1.29 is 41.9 Å². The van der Waals surface area contributed by atoms with Crippen LogP contribution in [0, 0.1) is 11.6 Å². The first-order chi connectivity index (χ1) is 18.5. The van der Waals surface area contributed by atoms with Crippen LogP contribution >= 0.6 is 0 Å². The van der Waals surface area contributed by atoms with Gasteiger partial charge in [-0.3, -0.25) is 25.0 Å². The summed E-state index contributed by atoms with van der Waals surface area (Å²) < 4.78 is 40.8. The Morgan fingerprint density at radius 1 is 1.00 bits per heavy atom. The van der Waals surface area contributed by atoms with Crippen LogP contribution < -0.4 is 26.0 Å². The fourth-order valence-corrected chi connectivity index (χ4v) is 5.21. The molecule has 39 heavy (non-hydrogen) atoms. The van der Waals surface area contributed by atoms with Gasteiger partial charge in [-0.2, -0.15) is 0 Å². The molecule has 3 aliphatic heterocycles. The van der Waals surface area contributed by atoms with Gasteiger partial charge in [0.05, 0.1) is 19.2 Å². The summed E-state index contributed by atoms with van der Waals surface area (Å²) in [5, 5.41) is 9.30. The zero-order valence-corrected chi connectivity index (χ0v) is 20.4. The average molecular weight is 539 g/mol. The van der Waals surface area contributed by atoms with Crippen molar-refractivity contribution in [1.29, 1.82) is 0 Å². The van der Waals surface area contributed by atoms with E-state index in [2.05, 4.69) is 21.3 Å². The predicted octanol–water partition coefficient (Wildman–Crippen LogP) is 1.46. The van der Waals surface area contributed by atoms with Gasteiger partial charge >= 0.3 is 12.1 Å². The monoisotopic (exact) mass is 539 g/mol. The first kappa shape index (κ1) is 24.3. The van der Waals surface area contributed by atoms with Crippen LogP contribution in [0.1, 0.15) is 34.2 Å². The Labute approximate surface area is 217 Å². The number of benzene rings is 2. The van der Waals surface area contributed by atoms with Crippen molar-refractivity contribution in [2.75, 3.05) is 13.7 Å². The Balaban J connectivity index is 1.41. The quantitative estimate of drug-likeness (QED) is 0.357. The molecule has 0 aliphatic carbocycles. The molecule has 1 aromatic heterocycles. The van der Waals surface area contributed by atoms with Crippen molar-refractivity contribution >= 4 is 40.8 Å². The highest BCUT2D eigenvalue weighted by atomic mass is 19.1. The molecule has 4 N–H and O–H groups in total. The third-order valence-corrected chi connectivity index (χ3v) is 7.25. The fourth-order valence-electron chi connectivity index (χ4n) is 5.21. The van der Waals surface area contributed by atoms with Gasteiger partial charge in [-0.1, -0.05) is 6.07 Å². The summed E-state index contributed by atoms with van der Waals surface area (Å²) in [5.74, 6) is -4.31. The molecule has 0 bridgehead atoms. The normalized spacial score (nSPS) is 24.1. The molecule has 0 spiro atoms. The highest BCUT2D eigenvalue weighted by molar-refractivity contribution is 6.09. The van der Waals surface area contributed by atoms with E-state index >= 15 is 4.39 Å². The lowest BCUT2D eigenvalue weighted by atomic mass is 9.90. The molecule has 0 unspecified atom stereocenters. The molecule has 7 amide bonds. The number of furan rings is 1. The van der Waals surface area contributed by atoms with Crippen LogP contribution in [0.5, 0.6) is 5.75 Å². The number of nitrogens with zero attached hydrogens (tertiary/aromatic N) is 1. The van der Waals surface area contributed by atoms with Crippen LogP contribution in [0.3, 0.4) is 0 Å². The summed E-state index contributed by atoms with van der Waals surface area (Å²) in [5.41, 5.74) is -3.68. The fraction of sp³-hybridized carbons (Fsp3) is 0.240. The van der Waals surface area contributed by atoms with Crippen LogP contribution in [0.25, 0.3) is 11.0 Å². The molecule has 4 heterocycles. The standard InChI is InChI=1S/C25H19F2N5O7/c1-24(20(34)28-22(36)30-24)12-5-11-6-16(39-15(11)7-13(12)26)25(21(35)29-23(37)31-25)9-32-8-10-3-4-14(38-2)18(27)17(10)19(32)33/h3-7H,8-9H2,1-2H3,(H2,28,30,34,36)(H2,29,31,35,37)/t24-,25-/m0/s1. The maximum atomic E-state index is 15.1.